The summed E-state index contributed by atoms with van der Waals surface area (Å²) in [6.45, 7) is 0. The Morgan fingerprint density at radius 1 is 1.13 bits per heavy atom. The first-order chi connectivity index (χ1) is 10.8. The molecule has 0 radical (unpaired) electrons. The predicted molar refractivity (Wildman–Crippen MR) is 89.3 cm³/mol. The molecule has 1 N–H and O–H groups in total. The van der Waals surface area contributed by atoms with Crippen LogP contribution in [0.25, 0.3) is 10.1 Å². The van der Waals surface area contributed by atoms with Crippen LogP contribution in [0.3, 0.4) is 0 Å². The van der Waals surface area contributed by atoms with Crippen molar-refractivity contribution in [3.8, 4) is 0 Å². The van der Waals surface area contributed by atoms with Crippen LogP contribution in [0.4, 0.5) is 10.1 Å². The van der Waals surface area contributed by atoms with Gasteiger partial charge in [-0.05, 0) is 42.5 Å². The molecule has 0 unspecified atom stereocenters. The summed E-state index contributed by atoms with van der Waals surface area (Å²) in [4.78, 5) is 12.8. The number of amides is 1. The smallest absolute Gasteiger partial charge is 0.265 e. The molecule has 1 aromatic heterocycles. The van der Waals surface area contributed by atoms with Gasteiger partial charge in [0.15, 0.2) is 9.84 Å². The molecule has 3 rings (SSSR count). The first kappa shape index (κ1) is 15.6. The Labute approximate surface area is 136 Å². The van der Waals surface area contributed by atoms with Gasteiger partial charge in [-0.15, -0.1) is 11.3 Å². The molecule has 0 saturated heterocycles. The largest absolute Gasteiger partial charge is 0.321 e. The normalized spacial score (nSPS) is 11.6. The Kier molecular flexibility index (Phi) is 3.91. The molecule has 118 valence electrons. The minimum absolute atomic E-state index is 0.180. The van der Waals surface area contributed by atoms with Gasteiger partial charge in [0.05, 0.1) is 9.77 Å². The van der Waals surface area contributed by atoms with Gasteiger partial charge < -0.3 is 5.32 Å². The molecule has 4 nitrogen and oxygen atoms in total. The van der Waals surface area contributed by atoms with E-state index in [1.807, 2.05) is 0 Å². The number of benzene rings is 2. The predicted octanol–water partition coefficient (Wildman–Crippen LogP) is 3.70. The molecule has 0 fully saturated rings. The SMILES string of the molecule is CS(=O)(=O)c1ccc(NC(=O)c2cc3c(F)cccc3s2)cc1. The van der Waals surface area contributed by atoms with Gasteiger partial charge in [-0.3, -0.25) is 4.79 Å². The van der Waals surface area contributed by atoms with Gasteiger partial charge in [0.2, 0.25) is 0 Å². The molecule has 0 aliphatic rings. The lowest BCUT2D eigenvalue weighted by Gasteiger charge is -2.04. The monoisotopic (exact) mass is 349 g/mol. The lowest BCUT2D eigenvalue weighted by atomic mass is 10.2. The summed E-state index contributed by atoms with van der Waals surface area (Å²) >= 11 is 1.20. The Morgan fingerprint density at radius 2 is 1.83 bits per heavy atom. The summed E-state index contributed by atoms with van der Waals surface area (Å²) in [6, 6.07) is 12.1. The fourth-order valence-electron chi connectivity index (χ4n) is 2.12. The van der Waals surface area contributed by atoms with Gasteiger partial charge >= 0.3 is 0 Å². The van der Waals surface area contributed by atoms with E-state index in [4.69, 9.17) is 0 Å². The van der Waals surface area contributed by atoms with Crippen molar-refractivity contribution < 1.29 is 17.6 Å². The summed E-state index contributed by atoms with van der Waals surface area (Å²) in [5, 5.41) is 3.08. The average molecular weight is 349 g/mol. The number of nitrogens with one attached hydrogen (secondary N) is 1. The number of sulfone groups is 1. The number of fused-ring (bicyclic) bond motifs is 1. The van der Waals surface area contributed by atoms with Crippen LogP contribution in [-0.2, 0) is 9.84 Å². The third-order valence-electron chi connectivity index (χ3n) is 3.27. The van der Waals surface area contributed by atoms with Crippen LogP contribution >= 0.6 is 11.3 Å². The van der Waals surface area contributed by atoms with Gasteiger partial charge in [0.25, 0.3) is 5.91 Å². The Bertz CT molecular complexity index is 992. The fourth-order valence-corrected chi connectivity index (χ4v) is 3.72. The maximum absolute atomic E-state index is 13.7. The van der Waals surface area contributed by atoms with E-state index in [-0.39, 0.29) is 16.6 Å². The van der Waals surface area contributed by atoms with E-state index in [1.165, 1.54) is 47.7 Å². The summed E-state index contributed by atoms with van der Waals surface area (Å²) < 4.78 is 37.2. The lowest BCUT2D eigenvalue weighted by Crippen LogP contribution is -2.10. The first-order valence-corrected chi connectivity index (χ1v) is 9.35. The molecule has 1 amide bonds. The fraction of sp³-hybridized carbons (Fsp3) is 0.0625. The van der Waals surface area contributed by atoms with E-state index in [0.717, 1.165) is 6.26 Å². The molecule has 0 aliphatic carbocycles. The van der Waals surface area contributed by atoms with Crippen LogP contribution in [0.15, 0.2) is 53.4 Å². The van der Waals surface area contributed by atoms with Gasteiger partial charge in [0.1, 0.15) is 5.82 Å². The molecular weight excluding hydrogens is 337 g/mol. The Balaban J connectivity index is 1.84. The maximum Gasteiger partial charge on any atom is 0.265 e. The first-order valence-electron chi connectivity index (χ1n) is 6.64. The van der Waals surface area contributed by atoms with Crippen molar-refractivity contribution in [3.63, 3.8) is 0 Å². The van der Waals surface area contributed by atoms with Crippen molar-refractivity contribution in [2.45, 2.75) is 4.90 Å². The Morgan fingerprint density at radius 3 is 2.43 bits per heavy atom. The number of hydrogen-bond acceptors (Lipinski definition) is 4. The second-order valence-electron chi connectivity index (χ2n) is 5.01. The number of anilines is 1. The summed E-state index contributed by atoms with van der Waals surface area (Å²) in [5.41, 5.74) is 0.473. The number of carbonyl (C=O) groups is 1. The van der Waals surface area contributed by atoms with Gasteiger partial charge in [-0.1, -0.05) is 6.07 Å². The zero-order chi connectivity index (χ0) is 16.6. The molecule has 1 heterocycles. The molecule has 2 aromatic carbocycles. The topological polar surface area (TPSA) is 63.2 Å². The highest BCUT2D eigenvalue weighted by Gasteiger charge is 2.13. The minimum Gasteiger partial charge on any atom is -0.321 e. The quantitative estimate of drug-likeness (QED) is 0.784. The zero-order valence-corrected chi connectivity index (χ0v) is 13.7. The third-order valence-corrected chi connectivity index (χ3v) is 5.50. The number of carbonyl (C=O) groups excluding carboxylic acids is 1. The van der Waals surface area contributed by atoms with Crippen LogP contribution < -0.4 is 5.32 Å². The van der Waals surface area contributed by atoms with Crippen LogP contribution in [-0.4, -0.2) is 20.6 Å². The van der Waals surface area contributed by atoms with Crippen LogP contribution in [0.1, 0.15) is 9.67 Å². The number of thiophene rings is 1. The second kappa shape index (κ2) is 5.75. The average Bonchev–Trinajstić information content (AvgIpc) is 2.92. The molecule has 0 atom stereocenters. The summed E-state index contributed by atoms with van der Waals surface area (Å²) in [7, 11) is -3.27. The van der Waals surface area contributed by atoms with Gasteiger partial charge in [-0.25, -0.2) is 12.8 Å². The Hall–Kier alpha value is -2.25. The highest BCUT2D eigenvalue weighted by atomic mass is 32.2. The molecule has 7 heteroatoms. The number of halogens is 1. The van der Waals surface area contributed by atoms with Crippen LogP contribution in [0, 0.1) is 5.82 Å². The highest BCUT2D eigenvalue weighted by Crippen LogP contribution is 2.28. The highest BCUT2D eigenvalue weighted by molar-refractivity contribution is 7.90. The van der Waals surface area contributed by atoms with Crippen LogP contribution in [0.5, 0.6) is 0 Å². The number of hydrogen-bond donors (Lipinski definition) is 1. The minimum atomic E-state index is -3.27. The molecule has 0 spiro atoms. The van der Waals surface area contributed by atoms with Crippen molar-refractivity contribution in [1.82, 2.24) is 0 Å². The lowest BCUT2D eigenvalue weighted by molar-refractivity contribution is 0.103. The third kappa shape index (κ3) is 3.25. The van der Waals surface area contributed by atoms with E-state index in [9.17, 15) is 17.6 Å². The molecule has 3 aromatic rings. The van der Waals surface area contributed by atoms with Crippen LogP contribution in [0.2, 0.25) is 0 Å². The van der Waals surface area contributed by atoms with E-state index in [0.29, 0.717) is 20.7 Å². The maximum atomic E-state index is 13.7. The van der Waals surface area contributed by atoms with E-state index in [2.05, 4.69) is 5.32 Å². The van der Waals surface area contributed by atoms with Gasteiger partial charge in [-0.2, -0.15) is 0 Å². The molecule has 23 heavy (non-hydrogen) atoms. The summed E-state index contributed by atoms with van der Waals surface area (Å²) in [6.07, 6.45) is 1.12. The van der Waals surface area contributed by atoms with E-state index in [1.54, 1.807) is 12.1 Å². The molecule has 0 saturated carbocycles. The molecular formula is C16H12FNO3S2. The van der Waals surface area contributed by atoms with Crippen molar-refractivity contribution in [1.29, 1.82) is 0 Å². The van der Waals surface area contributed by atoms with Gasteiger partial charge in [0, 0.05) is 22.0 Å². The molecule has 0 aliphatic heterocycles. The zero-order valence-electron chi connectivity index (χ0n) is 12.0. The standard InChI is InChI=1S/C16H12FNO3S2/c1-23(20,21)11-7-5-10(6-8-11)18-16(19)15-9-12-13(17)3-2-4-14(12)22-15/h2-9H,1H3,(H,18,19). The van der Waals surface area contributed by atoms with Crippen molar-refractivity contribution >= 4 is 42.9 Å². The number of rotatable bonds is 3. The van der Waals surface area contributed by atoms with Crippen molar-refractivity contribution in [2.24, 2.45) is 0 Å². The second-order valence-corrected chi connectivity index (χ2v) is 8.11. The van der Waals surface area contributed by atoms with Crippen molar-refractivity contribution in [3.05, 3.63) is 59.2 Å². The molecule has 0 bridgehead atoms. The van der Waals surface area contributed by atoms with E-state index < -0.39 is 9.84 Å². The van der Waals surface area contributed by atoms with E-state index >= 15 is 0 Å². The summed E-state index contributed by atoms with van der Waals surface area (Å²) in [5.74, 6) is -0.729. The van der Waals surface area contributed by atoms with Crippen molar-refractivity contribution in [2.75, 3.05) is 11.6 Å².